The summed E-state index contributed by atoms with van der Waals surface area (Å²) in [7, 11) is 0. The quantitative estimate of drug-likeness (QED) is 0.756. The maximum atomic E-state index is 12.0. The van der Waals surface area contributed by atoms with Crippen molar-refractivity contribution in [2.75, 3.05) is 6.54 Å². The Morgan fingerprint density at radius 2 is 2.22 bits per heavy atom. The predicted octanol–water partition coefficient (Wildman–Crippen LogP) is 4.40. The first-order chi connectivity index (χ1) is 8.58. The monoisotopic (exact) mass is 393 g/mol. The SMILES string of the molecule is O=C(NCC1CCCC1Br)c1ccc(Br)cc1Cl. The number of halogens is 3. The van der Waals surface area contributed by atoms with E-state index < -0.39 is 0 Å². The molecule has 1 aliphatic carbocycles. The fourth-order valence-corrected chi connectivity index (χ4v) is 3.75. The number of hydrogen-bond acceptors (Lipinski definition) is 1. The second-order valence-corrected chi connectivity index (χ2v) is 7.04. The van der Waals surface area contributed by atoms with Gasteiger partial charge in [0.05, 0.1) is 10.6 Å². The van der Waals surface area contributed by atoms with Crippen molar-refractivity contribution in [1.82, 2.24) is 5.32 Å². The van der Waals surface area contributed by atoms with Gasteiger partial charge in [0, 0.05) is 15.8 Å². The third-order valence-electron chi connectivity index (χ3n) is 3.27. The number of hydrogen-bond donors (Lipinski definition) is 1. The lowest BCUT2D eigenvalue weighted by Crippen LogP contribution is -2.31. The highest BCUT2D eigenvalue weighted by molar-refractivity contribution is 9.10. The largest absolute Gasteiger partial charge is 0.352 e. The minimum Gasteiger partial charge on any atom is -0.352 e. The van der Waals surface area contributed by atoms with Crippen molar-refractivity contribution in [2.45, 2.75) is 24.1 Å². The number of rotatable bonds is 3. The molecule has 0 radical (unpaired) electrons. The summed E-state index contributed by atoms with van der Waals surface area (Å²) < 4.78 is 0.875. The second-order valence-electron chi connectivity index (χ2n) is 4.54. The van der Waals surface area contributed by atoms with Crippen LogP contribution in [0.15, 0.2) is 22.7 Å². The van der Waals surface area contributed by atoms with Crippen LogP contribution in [0.5, 0.6) is 0 Å². The Morgan fingerprint density at radius 1 is 1.44 bits per heavy atom. The maximum Gasteiger partial charge on any atom is 0.252 e. The molecule has 2 unspecified atom stereocenters. The smallest absolute Gasteiger partial charge is 0.252 e. The van der Waals surface area contributed by atoms with E-state index in [0.29, 0.717) is 27.9 Å². The number of alkyl halides is 1. The van der Waals surface area contributed by atoms with Crippen LogP contribution in [0.3, 0.4) is 0 Å². The fourth-order valence-electron chi connectivity index (χ4n) is 2.21. The van der Waals surface area contributed by atoms with Crippen LogP contribution in [0.2, 0.25) is 5.02 Å². The van der Waals surface area contributed by atoms with Crippen LogP contribution >= 0.6 is 43.5 Å². The first kappa shape index (κ1) is 14.4. The molecule has 5 heteroatoms. The van der Waals surface area contributed by atoms with E-state index in [2.05, 4.69) is 37.2 Å². The highest BCUT2D eigenvalue weighted by Gasteiger charge is 2.25. The Kier molecular flexibility index (Phi) is 5.10. The minimum absolute atomic E-state index is 0.0981. The second kappa shape index (κ2) is 6.40. The molecule has 1 aromatic carbocycles. The number of carbonyl (C=O) groups is 1. The summed E-state index contributed by atoms with van der Waals surface area (Å²) in [5.41, 5.74) is 0.531. The Labute approximate surface area is 129 Å². The topological polar surface area (TPSA) is 29.1 Å². The molecule has 1 aliphatic rings. The van der Waals surface area contributed by atoms with Crippen molar-refractivity contribution in [2.24, 2.45) is 5.92 Å². The first-order valence-corrected chi connectivity index (χ1v) is 8.04. The van der Waals surface area contributed by atoms with Crippen LogP contribution in [0.1, 0.15) is 29.6 Å². The van der Waals surface area contributed by atoms with Gasteiger partial charge in [-0.2, -0.15) is 0 Å². The third-order valence-corrected chi connectivity index (χ3v) is 5.28. The lowest BCUT2D eigenvalue weighted by Gasteiger charge is -2.15. The number of benzene rings is 1. The standard InChI is InChI=1S/C13H14Br2ClNO/c14-9-4-5-10(12(16)6-9)13(18)17-7-8-2-1-3-11(8)15/h4-6,8,11H,1-3,7H2,(H,17,18). The molecule has 0 saturated heterocycles. The van der Waals surface area contributed by atoms with Crippen LogP contribution in [0.4, 0.5) is 0 Å². The van der Waals surface area contributed by atoms with Crippen molar-refractivity contribution >= 4 is 49.4 Å². The molecule has 2 nitrogen and oxygen atoms in total. The van der Waals surface area contributed by atoms with Crippen molar-refractivity contribution in [3.63, 3.8) is 0 Å². The van der Waals surface area contributed by atoms with Crippen molar-refractivity contribution < 1.29 is 4.79 Å². The molecule has 2 rings (SSSR count). The van der Waals surface area contributed by atoms with E-state index in [9.17, 15) is 4.79 Å². The Morgan fingerprint density at radius 3 is 2.83 bits per heavy atom. The molecule has 1 saturated carbocycles. The molecule has 0 heterocycles. The summed E-state index contributed by atoms with van der Waals surface area (Å²) in [5, 5.41) is 3.44. The van der Waals surface area contributed by atoms with Crippen molar-refractivity contribution in [3.05, 3.63) is 33.3 Å². The van der Waals surface area contributed by atoms with E-state index in [0.717, 1.165) is 4.47 Å². The lowest BCUT2D eigenvalue weighted by molar-refractivity contribution is 0.0948. The van der Waals surface area contributed by atoms with E-state index in [1.165, 1.54) is 19.3 Å². The highest BCUT2D eigenvalue weighted by atomic mass is 79.9. The summed E-state index contributed by atoms with van der Waals surface area (Å²) in [6.07, 6.45) is 3.60. The van der Waals surface area contributed by atoms with Crippen molar-refractivity contribution in [1.29, 1.82) is 0 Å². The zero-order valence-electron chi connectivity index (χ0n) is 9.76. The molecule has 1 fully saturated rings. The first-order valence-electron chi connectivity index (χ1n) is 5.95. The van der Waals surface area contributed by atoms with Gasteiger partial charge in [0.15, 0.2) is 0 Å². The molecule has 1 aromatic rings. The van der Waals surface area contributed by atoms with E-state index in [4.69, 9.17) is 11.6 Å². The molecular formula is C13H14Br2ClNO. The normalized spacial score (nSPS) is 23.1. The average molecular weight is 396 g/mol. The van der Waals surface area contributed by atoms with Gasteiger partial charge in [-0.05, 0) is 37.0 Å². The zero-order chi connectivity index (χ0) is 13.1. The summed E-state index contributed by atoms with van der Waals surface area (Å²) in [6.45, 7) is 0.709. The molecule has 1 amide bonds. The van der Waals surface area contributed by atoms with Gasteiger partial charge in [-0.1, -0.05) is 49.9 Å². The molecule has 0 aliphatic heterocycles. The molecule has 2 atom stereocenters. The Hall–Kier alpha value is -0.0600. The number of nitrogens with one attached hydrogen (secondary N) is 1. The summed E-state index contributed by atoms with van der Waals surface area (Å²) in [5.74, 6) is 0.433. The fraction of sp³-hybridized carbons (Fsp3) is 0.462. The van der Waals surface area contributed by atoms with Crippen LogP contribution < -0.4 is 5.32 Å². The van der Waals surface area contributed by atoms with E-state index in [-0.39, 0.29) is 5.91 Å². The van der Waals surface area contributed by atoms with Crippen LogP contribution in [-0.4, -0.2) is 17.3 Å². The van der Waals surface area contributed by atoms with Gasteiger partial charge in [-0.25, -0.2) is 0 Å². The molecule has 18 heavy (non-hydrogen) atoms. The van der Waals surface area contributed by atoms with Gasteiger partial charge < -0.3 is 5.32 Å². The van der Waals surface area contributed by atoms with Gasteiger partial charge in [-0.3, -0.25) is 4.79 Å². The van der Waals surface area contributed by atoms with Gasteiger partial charge in [0.25, 0.3) is 5.91 Å². The predicted molar refractivity (Wildman–Crippen MR) is 81.5 cm³/mol. The van der Waals surface area contributed by atoms with E-state index in [1.54, 1.807) is 12.1 Å². The molecular weight excluding hydrogens is 381 g/mol. The summed E-state index contributed by atoms with van der Waals surface area (Å²) in [6, 6.07) is 5.30. The third kappa shape index (κ3) is 3.49. The highest BCUT2D eigenvalue weighted by Crippen LogP contribution is 2.31. The molecule has 1 N–H and O–H groups in total. The summed E-state index contributed by atoms with van der Waals surface area (Å²) >= 11 is 13.0. The van der Waals surface area contributed by atoms with Gasteiger partial charge in [0.1, 0.15) is 0 Å². The van der Waals surface area contributed by atoms with Crippen LogP contribution in [0.25, 0.3) is 0 Å². The molecule has 0 spiro atoms. The van der Waals surface area contributed by atoms with Gasteiger partial charge in [0.2, 0.25) is 0 Å². The molecule has 98 valence electrons. The van der Waals surface area contributed by atoms with E-state index in [1.807, 2.05) is 6.07 Å². The lowest BCUT2D eigenvalue weighted by atomic mass is 10.1. The van der Waals surface area contributed by atoms with Crippen LogP contribution in [0, 0.1) is 5.92 Å². The zero-order valence-corrected chi connectivity index (χ0v) is 13.7. The molecule has 0 aromatic heterocycles. The van der Waals surface area contributed by atoms with Gasteiger partial charge in [-0.15, -0.1) is 0 Å². The minimum atomic E-state index is -0.0981. The van der Waals surface area contributed by atoms with Crippen molar-refractivity contribution in [3.8, 4) is 0 Å². The van der Waals surface area contributed by atoms with Gasteiger partial charge >= 0.3 is 0 Å². The Bertz CT molecular complexity index is 453. The number of carbonyl (C=O) groups excluding carboxylic acids is 1. The van der Waals surface area contributed by atoms with Crippen LogP contribution in [-0.2, 0) is 0 Å². The number of amides is 1. The average Bonchev–Trinajstić information content (AvgIpc) is 2.72. The Balaban J connectivity index is 1.95. The van der Waals surface area contributed by atoms with E-state index >= 15 is 0 Å². The maximum absolute atomic E-state index is 12.0. The summed E-state index contributed by atoms with van der Waals surface area (Å²) in [4.78, 5) is 12.5. The molecule has 0 bridgehead atoms.